The van der Waals surface area contributed by atoms with Gasteiger partial charge in [0.15, 0.2) is 5.76 Å². The Kier molecular flexibility index (Phi) is 5.93. The second kappa shape index (κ2) is 9.06. The summed E-state index contributed by atoms with van der Waals surface area (Å²) in [7, 11) is 3.07. The van der Waals surface area contributed by atoms with Crippen LogP contribution in [0.15, 0.2) is 52.1 Å². The van der Waals surface area contributed by atoms with E-state index in [0.29, 0.717) is 56.7 Å². The van der Waals surface area contributed by atoms with Crippen molar-refractivity contribution in [1.29, 1.82) is 0 Å². The highest BCUT2D eigenvalue weighted by atomic mass is 19.1. The number of carbonyl (C=O) groups excluding carboxylic acids is 3. The van der Waals surface area contributed by atoms with Gasteiger partial charge in [0.2, 0.25) is 0 Å². The largest absolute Gasteiger partial charge is 0.459 e. The molecule has 35 heavy (non-hydrogen) atoms. The molecule has 182 valence electrons. The van der Waals surface area contributed by atoms with Crippen LogP contribution in [0.25, 0.3) is 0 Å². The highest BCUT2D eigenvalue weighted by Gasteiger charge is 2.53. The van der Waals surface area contributed by atoms with Crippen molar-refractivity contribution in [2.75, 3.05) is 46.8 Å². The number of aliphatic imine (C=N–C) groups is 1. The summed E-state index contributed by atoms with van der Waals surface area (Å²) < 4.78 is 20.6. The summed E-state index contributed by atoms with van der Waals surface area (Å²) in [6.45, 7) is 3.10. The highest BCUT2D eigenvalue weighted by Crippen LogP contribution is 2.21. The predicted octanol–water partition coefficient (Wildman–Crippen LogP) is 1.09. The molecule has 0 spiro atoms. The van der Waals surface area contributed by atoms with Gasteiger partial charge in [-0.25, -0.2) is 13.8 Å². The Balaban J connectivity index is 1.37. The smallest absolute Gasteiger partial charge is 0.333 e. The number of nitrogens with zero attached hydrogens (tertiary/aromatic N) is 6. The summed E-state index contributed by atoms with van der Waals surface area (Å²) in [4.78, 5) is 49.3. The minimum absolute atomic E-state index is 0.138. The maximum absolute atomic E-state index is 13.5. The first kappa shape index (κ1) is 22.9. The van der Waals surface area contributed by atoms with Crippen LogP contribution in [0, 0.1) is 5.82 Å². The van der Waals surface area contributed by atoms with Gasteiger partial charge >= 0.3 is 11.9 Å². The molecule has 1 unspecified atom stereocenters. The van der Waals surface area contributed by atoms with Gasteiger partial charge in [-0.15, -0.1) is 0 Å². The van der Waals surface area contributed by atoms with E-state index in [4.69, 9.17) is 9.41 Å². The fourth-order valence-electron chi connectivity index (χ4n) is 4.61. The second-order valence-electron chi connectivity index (χ2n) is 8.83. The van der Waals surface area contributed by atoms with Gasteiger partial charge in [-0.1, -0.05) is 12.1 Å². The van der Waals surface area contributed by atoms with E-state index >= 15 is 0 Å². The van der Waals surface area contributed by atoms with Gasteiger partial charge in [-0.05, 0) is 34.8 Å². The van der Waals surface area contributed by atoms with E-state index in [1.165, 1.54) is 30.3 Å². The quantitative estimate of drug-likeness (QED) is 0.597. The van der Waals surface area contributed by atoms with Crippen molar-refractivity contribution in [1.82, 2.24) is 19.6 Å². The molecule has 3 aliphatic heterocycles. The van der Waals surface area contributed by atoms with E-state index in [2.05, 4.69) is 4.90 Å². The maximum atomic E-state index is 13.5. The van der Waals surface area contributed by atoms with Crippen molar-refractivity contribution in [3.63, 3.8) is 0 Å². The molecule has 2 aromatic rings. The number of benzene rings is 1. The van der Waals surface area contributed by atoms with Crippen molar-refractivity contribution < 1.29 is 27.8 Å². The van der Waals surface area contributed by atoms with Gasteiger partial charge in [0.1, 0.15) is 18.9 Å². The zero-order chi connectivity index (χ0) is 24.7. The monoisotopic (exact) mass is 481 g/mol. The third kappa shape index (κ3) is 4.23. The van der Waals surface area contributed by atoms with E-state index in [9.17, 15) is 18.8 Å². The van der Waals surface area contributed by atoms with Crippen LogP contribution in [0.3, 0.4) is 0 Å². The summed E-state index contributed by atoms with van der Waals surface area (Å²) in [6, 6.07) is 8.29. The summed E-state index contributed by atoms with van der Waals surface area (Å²) in [6.07, 6.45) is 1.48. The Hall–Kier alpha value is -3.86. The summed E-state index contributed by atoms with van der Waals surface area (Å²) in [5.74, 6) is 0.543. The van der Waals surface area contributed by atoms with Gasteiger partial charge < -0.3 is 9.32 Å². The van der Waals surface area contributed by atoms with Crippen LogP contribution in [0.5, 0.6) is 0 Å². The number of carbonyl (C=O) groups is 3. The number of amides is 4. The average molecular weight is 482 g/mol. The van der Waals surface area contributed by atoms with Crippen LogP contribution < -0.4 is 0 Å². The first-order valence-electron chi connectivity index (χ1n) is 11.4. The molecular formula is C24H26FN6O4+. The Morgan fingerprint density at radius 1 is 1.09 bits per heavy atom. The Labute approximate surface area is 201 Å². The lowest BCUT2D eigenvalue weighted by Crippen LogP contribution is -2.61. The SMILES string of the molecule is CN1C(=O)C2C(=NC(CN3CCN(C(=O)c4ccco4)CC3)=[N+]2Cc2ccc(F)cc2)N(C)C1=O. The average Bonchev–Trinajstić information content (AvgIpc) is 3.52. The number of piperazine rings is 1. The zero-order valence-corrected chi connectivity index (χ0v) is 19.6. The number of fused-ring (bicyclic) bond motifs is 1. The molecule has 10 nitrogen and oxygen atoms in total. The number of likely N-dealkylation sites (N-methyl/N-ethyl adjacent to an activating group) is 2. The molecule has 0 saturated carbocycles. The van der Waals surface area contributed by atoms with Crippen molar-refractivity contribution in [3.05, 3.63) is 59.8 Å². The molecule has 1 aromatic carbocycles. The lowest BCUT2D eigenvalue weighted by atomic mass is 10.1. The fourth-order valence-corrected chi connectivity index (χ4v) is 4.61. The van der Waals surface area contributed by atoms with E-state index in [-0.39, 0.29) is 17.6 Å². The molecule has 4 amide bonds. The molecule has 1 atom stereocenters. The molecule has 0 bridgehead atoms. The normalized spacial score (nSPS) is 21.1. The van der Waals surface area contributed by atoms with Crippen LogP contribution in [-0.4, -0.2) is 107 Å². The predicted molar refractivity (Wildman–Crippen MR) is 124 cm³/mol. The molecule has 0 N–H and O–H groups in total. The van der Waals surface area contributed by atoms with Gasteiger partial charge in [0, 0.05) is 40.3 Å². The number of hydrogen-bond acceptors (Lipinski definition) is 6. The topological polar surface area (TPSA) is 92.7 Å². The van der Waals surface area contributed by atoms with Crippen molar-refractivity contribution >= 4 is 29.5 Å². The number of urea groups is 1. The van der Waals surface area contributed by atoms with Crippen LogP contribution in [0.1, 0.15) is 16.1 Å². The van der Waals surface area contributed by atoms with E-state index in [0.717, 1.165) is 10.5 Å². The fraction of sp³-hybridized carbons (Fsp3) is 0.375. The molecule has 2 fully saturated rings. The summed E-state index contributed by atoms with van der Waals surface area (Å²) in [5.41, 5.74) is 0.823. The third-order valence-electron chi connectivity index (χ3n) is 6.64. The number of hydrogen-bond donors (Lipinski definition) is 0. The lowest BCUT2D eigenvalue weighted by Gasteiger charge is -2.33. The molecule has 0 aliphatic carbocycles. The first-order chi connectivity index (χ1) is 16.8. The maximum Gasteiger partial charge on any atom is 0.333 e. The number of amidine groups is 2. The van der Waals surface area contributed by atoms with Gasteiger partial charge in [-0.2, -0.15) is 0 Å². The number of imide groups is 1. The van der Waals surface area contributed by atoms with E-state index in [1.54, 1.807) is 36.2 Å². The van der Waals surface area contributed by atoms with Crippen LogP contribution >= 0.6 is 0 Å². The molecule has 3 aliphatic rings. The van der Waals surface area contributed by atoms with Crippen LogP contribution in [0.4, 0.5) is 9.18 Å². The van der Waals surface area contributed by atoms with Crippen LogP contribution in [0.2, 0.25) is 0 Å². The Bertz CT molecular complexity index is 1220. The number of furan rings is 1. The van der Waals surface area contributed by atoms with Crippen LogP contribution in [-0.2, 0) is 11.3 Å². The van der Waals surface area contributed by atoms with Gasteiger partial charge in [0.05, 0.1) is 6.26 Å². The molecule has 4 heterocycles. The summed E-state index contributed by atoms with van der Waals surface area (Å²) in [5, 5.41) is 0. The minimum Gasteiger partial charge on any atom is -0.459 e. The first-order valence-corrected chi connectivity index (χ1v) is 11.4. The second-order valence-corrected chi connectivity index (χ2v) is 8.83. The molecule has 0 radical (unpaired) electrons. The summed E-state index contributed by atoms with van der Waals surface area (Å²) >= 11 is 0. The van der Waals surface area contributed by atoms with Gasteiger partial charge in [-0.3, -0.25) is 24.3 Å². The molecule has 2 saturated heterocycles. The highest BCUT2D eigenvalue weighted by molar-refractivity contribution is 6.23. The third-order valence-corrected chi connectivity index (χ3v) is 6.64. The van der Waals surface area contributed by atoms with Crippen molar-refractivity contribution in [3.8, 4) is 0 Å². The van der Waals surface area contributed by atoms with Gasteiger partial charge in [0.25, 0.3) is 23.7 Å². The molecular weight excluding hydrogens is 455 g/mol. The number of rotatable bonds is 5. The molecule has 5 rings (SSSR count). The minimum atomic E-state index is -0.732. The number of halogens is 1. The van der Waals surface area contributed by atoms with E-state index < -0.39 is 12.1 Å². The van der Waals surface area contributed by atoms with E-state index in [1.807, 2.05) is 4.58 Å². The standard InChI is InChI=1S/C24H26FN6O4/c1-27-21-20(23(33)28(2)24(27)34)31(14-16-5-7-17(25)8-6-16)19(26-21)15-29-9-11-30(12-10-29)22(32)18-4-3-13-35-18/h3-8,13,20H,9-12,14-15H2,1-2H3/q+1. The lowest BCUT2D eigenvalue weighted by molar-refractivity contribution is -0.552. The van der Waals surface area contributed by atoms with Crippen molar-refractivity contribution in [2.45, 2.75) is 12.6 Å². The zero-order valence-electron chi connectivity index (χ0n) is 19.6. The Morgan fingerprint density at radius 2 is 1.80 bits per heavy atom. The molecule has 1 aromatic heterocycles. The van der Waals surface area contributed by atoms with Crippen molar-refractivity contribution in [2.24, 2.45) is 4.99 Å². The molecule has 11 heteroatoms. The Morgan fingerprint density at radius 3 is 2.46 bits per heavy atom.